The van der Waals surface area contributed by atoms with E-state index in [1.54, 1.807) is 0 Å². The average molecular weight is 119 g/mol. The standard InChI is InChI=1S/C2H5N3O3/c3-1(6)4-2(7)5-8/h8H,(H4,3,4,5,6,7). The lowest BCUT2D eigenvalue weighted by molar-refractivity contribution is 0.162. The van der Waals surface area contributed by atoms with Crippen LogP contribution < -0.4 is 16.5 Å². The number of hydrogen-bond donors (Lipinski definition) is 4. The quantitative estimate of drug-likeness (QED) is 0.236. The van der Waals surface area contributed by atoms with Crippen molar-refractivity contribution in [2.45, 2.75) is 0 Å². The third-order valence-electron chi connectivity index (χ3n) is 0.338. The summed E-state index contributed by atoms with van der Waals surface area (Å²) in [4.78, 5) is 19.6. The SMILES string of the molecule is NC(=O)NC(=O)NO. The number of rotatable bonds is 0. The number of urea groups is 2. The molecule has 6 nitrogen and oxygen atoms in total. The van der Waals surface area contributed by atoms with Crippen LogP contribution in [0.1, 0.15) is 0 Å². The van der Waals surface area contributed by atoms with E-state index in [1.165, 1.54) is 5.32 Å². The molecule has 0 aromatic rings. The van der Waals surface area contributed by atoms with Crippen molar-refractivity contribution in [1.82, 2.24) is 10.8 Å². The van der Waals surface area contributed by atoms with Gasteiger partial charge in [-0.05, 0) is 0 Å². The van der Waals surface area contributed by atoms with Crippen molar-refractivity contribution in [3.63, 3.8) is 0 Å². The number of carbonyl (C=O) groups is 2. The number of carbonyl (C=O) groups excluding carboxylic acids is 2. The monoisotopic (exact) mass is 119 g/mol. The molecular weight excluding hydrogens is 114 g/mol. The van der Waals surface area contributed by atoms with Crippen molar-refractivity contribution in [3.05, 3.63) is 0 Å². The molecule has 0 unspecified atom stereocenters. The highest BCUT2D eigenvalue weighted by Gasteiger charge is 1.97. The molecule has 0 bridgehead atoms. The summed E-state index contributed by atoms with van der Waals surface area (Å²) in [5.74, 6) is 0. The van der Waals surface area contributed by atoms with Crippen molar-refractivity contribution < 1.29 is 14.8 Å². The molecule has 0 rings (SSSR count). The van der Waals surface area contributed by atoms with E-state index in [0.29, 0.717) is 0 Å². The molecule has 0 saturated heterocycles. The molecule has 0 atom stereocenters. The number of hydrogen-bond acceptors (Lipinski definition) is 3. The van der Waals surface area contributed by atoms with Gasteiger partial charge in [0.1, 0.15) is 0 Å². The minimum atomic E-state index is -1.04. The van der Waals surface area contributed by atoms with Crippen LogP contribution in [0, 0.1) is 0 Å². The van der Waals surface area contributed by atoms with Gasteiger partial charge in [0.25, 0.3) is 0 Å². The third kappa shape index (κ3) is 2.91. The number of nitrogens with two attached hydrogens (primary N) is 1. The molecule has 0 aromatic carbocycles. The normalized spacial score (nSPS) is 7.62. The third-order valence-corrected chi connectivity index (χ3v) is 0.338. The Balaban J connectivity index is 3.40. The molecule has 0 spiro atoms. The van der Waals surface area contributed by atoms with E-state index in [9.17, 15) is 9.59 Å². The molecule has 46 valence electrons. The number of amides is 4. The van der Waals surface area contributed by atoms with E-state index in [-0.39, 0.29) is 0 Å². The van der Waals surface area contributed by atoms with Gasteiger partial charge in [-0.3, -0.25) is 10.5 Å². The summed E-state index contributed by atoms with van der Waals surface area (Å²) in [6.45, 7) is 0. The van der Waals surface area contributed by atoms with E-state index >= 15 is 0 Å². The molecule has 0 fully saturated rings. The predicted octanol–water partition coefficient (Wildman–Crippen LogP) is -1.25. The Bertz CT molecular complexity index is 111. The first kappa shape index (κ1) is 6.70. The second-order valence-electron chi connectivity index (χ2n) is 0.930. The Morgan fingerprint density at radius 3 is 2.12 bits per heavy atom. The lowest BCUT2D eigenvalue weighted by Gasteiger charge is -1.93. The zero-order valence-corrected chi connectivity index (χ0v) is 3.84. The molecule has 0 aromatic heterocycles. The maximum atomic E-state index is 9.85. The van der Waals surface area contributed by atoms with Crippen LogP contribution in [0.25, 0.3) is 0 Å². The average Bonchev–Trinajstić information content (AvgIpc) is 1.65. The van der Waals surface area contributed by atoms with Crippen LogP contribution >= 0.6 is 0 Å². The van der Waals surface area contributed by atoms with Gasteiger partial charge in [-0.1, -0.05) is 0 Å². The zero-order valence-electron chi connectivity index (χ0n) is 3.84. The van der Waals surface area contributed by atoms with Gasteiger partial charge < -0.3 is 5.73 Å². The summed E-state index contributed by atoms with van der Waals surface area (Å²) in [5.41, 5.74) is 5.59. The zero-order chi connectivity index (χ0) is 6.57. The minimum Gasteiger partial charge on any atom is -0.351 e. The summed E-state index contributed by atoms with van der Waals surface area (Å²) < 4.78 is 0. The van der Waals surface area contributed by atoms with Gasteiger partial charge in [-0.15, -0.1) is 0 Å². The van der Waals surface area contributed by atoms with Crippen LogP contribution in [0.4, 0.5) is 9.59 Å². The number of imide groups is 1. The van der Waals surface area contributed by atoms with Gasteiger partial charge in [0.2, 0.25) is 0 Å². The van der Waals surface area contributed by atoms with Gasteiger partial charge in [0, 0.05) is 0 Å². The van der Waals surface area contributed by atoms with Crippen LogP contribution in [0.5, 0.6) is 0 Å². The van der Waals surface area contributed by atoms with Crippen LogP contribution in [0.15, 0.2) is 0 Å². The summed E-state index contributed by atoms with van der Waals surface area (Å²) >= 11 is 0. The van der Waals surface area contributed by atoms with E-state index < -0.39 is 12.1 Å². The fourth-order valence-corrected chi connectivity index (χ4v) is 0.140. The fourth-order valence-electron chi connectivity index (χ4n) is 0.140. The van der Waals surface area contributed by atoms with E-state index in [0.717, 1.165) is 5.48 Å². The van der Waals surface area contributed by atoms with Crippen molar-refractivity contribution in [2.24, 2.45) is 5.73 Å². The number of nitrogens with one attached hydrogen (secondary N) is 2. The second-order valence-corrected chi connectivity index (χ2v) is 0.930. The molecule has 0 radical (unpaired) electrons. The largest absolute Gasteiger partial charge is 0.351 e. The Morgan fingerprint density at radius 1 is 1.50 bits per heavy atom. The Morgan fingerprint density at radius 2 is 2.00 bits per heavy atom. The molecule has 5 N–H and O–H groups in total. The van der Waals surface area contributed by atoms with Gasteiger partial charge in [-0.2, -0.15) is 0 Å². The molecule has 0 aliphatic carbocycles. The molecule has 0 saturated carbocycles. The highest BCUT2D eigenvalue weighted by Crippen LogP contribution is 1.56. The smallest absolute Gasteiger partial charge is 0.346 e. The summed E-state index contributed by atoms with van der Waals surface area (Å²) in [6.07, 6.45) is 0. The van der Waals surface area contributed by atoms with E-state index in [1.807, 2.05) is 0 Å². The van der Waals surface area contributed by atoms with Crippen LogP contribution in [-0.4, -0.2) is 17.3 Å². The molecule has 8 heavy (non-hydrogen) atoms. The second kappa shape index (κ2) is 2.80. The van der Waals surface area contributed by atoms with Crippen molar-refractivity contribution in [2.75, 3.05) is 0 Å². The number of primary amides is 1. The van der Waals surface area contributed by atoms with Gasteiger partial charge in [0.05, 0.1) is 0 Å². The van der Waals surface area contributed by atoms with Crippen molar-refractivity contribution >= 4 is 12.1 Å². The highest BCUT2D eigenvalue weighted by atomic mass is 16.5. The summed E-state index contributed by atoms with van der Waals surface area (Å²) in [7, 11) is 0. The van der Waals surface area contributed by atoms with Crippen molar-refractivity contribution in [3.8, 4) is 0 Å². The maximum absolute atomic E-state index is 9.85. The Kier molecular flexibility index (Phi) is 2.35. The fraction of sp³-hybridized carbons (Fsp3) is 0. The summed E-state index contributed by atoms with van der Waals surface area (Å²) in [5, 5.41) is 9.25. The molecule has 0 aliphatic rings. The molecule has 6 heteroatoms. The van der Waals surface area contributed by atoms with E-state index in [4.69, 9.17) is 5.21 Å². The highest BCUT2D eigenvalue weighted by molar-refractivity contribution is 5.91. The Hall–Kier alpha value is -1.30. The molecule has 0 heterocycles. The molecule has 4 amide bonds. The van der Waals surface area contributed by atoms with Crippen molar-refractivity contribution in [1.29, 1.82) is 0 Å². The lowest BCUT2D eigenvalue weighted by Crippen LogP contribution is -2.40. The van der Waals surface area contributed by atoms with Gasteiger partial charge in [0.15, 0.2) is 0 Å². The topological polar surface area (TPSA) is 104 Å². The number of hydroxylamine groups is 1. The summed E-state index contributed by atoms with van der Waals surface area (Å²) in [6, 6.07) is -2.06. The van der Waals surface area contributed by atoms with Crippen LogP contribution in [0.2, 0.25) is 0 Å². The predicted molar refractivity (Wildman–Crippen MR) is 23.0 cm³/mol. The Labute approximate surface area is 44.6 Å². The van der Waals surface area contributed by atoms with Crippen LogP contribution in [0.3, 0.4) is 0 Å². The lowest BCUT2D eigenvalue weighted by atomic mass is 10.9. The first-order valence-electron chi connectivity index (χ1n) is 1.67. The minimum absolute atomic E-state index is 1.02. The first-order valence-corrected chi connectivity index (χ1v) is 1.67. The van der Waals surface area contributed by atoms with Gasteiger partial charge >= 0.3 is 12.1 Å². The molecular formula is C2H5N3O3. The van der Waals surface area contributed by atoms with Gasteiger partial charge in [-0.25, -0.2) is 15.1 Å². The van der Waals surface area contributed by atoms with Crippen LogP contribution in [-0.2, 0) is 0 Å². The van der Waals surface area contributed by atoms with E-state index in [2.05, 4.69) is 5.73 Å². The maximum Gasteiger partial charge on any atom is 0.346 e. The first-order chi connectivity index (χ1) is 3.66. The molecule has 0 aliphatic heterocycles.